The summed E-state index contributed by atoms with van der Waals surface area (Å²) in [6.45, 7) is 9.00. The molecule has 3 aromatic rings. The van der Waals surface area contributed by atoms with Gasteiger partial charge in [-0.25, -0.2) is 4.98 Å². The fourth-order valence-electron chi connectivity index (χ4n) is 3.96. The number of hydrogen-bond donors (Lipinski definition) is 0. The second-order valence-electron chi connectivity index (χ2n) is 9.11. The van der Waals surface area contributed by atoms with Gasteiger partial charge in [-0.05, 0) is 59.1 Å². The first kappa shape index (κ1) is 22.2. The van der Waals surface area contributed by atoms with Gasteiger partial charge in [-0.1, -0.05) is 68.8 Å². The average molecular weight is 454 g/mol. The Bertz CT molecular complexity index is 1090. The summed E-state index contributed by atoms with van der Waals surface area (Å²) in [7, 11) is 0. The maximum atomic E-state index is 12.8. The molecule has 31 heavy (non-hydrogen) atoms. The van der Waals surface area contributed by atoms with Gasteiger partial charge in [-0.2, -0.15) is 0 Å². The van der Waals surface area contributed by atoms with Crippen LogP contribution in [0.4, 0.5) is 0 Å². The molecular weight excluding hydrogens is 426 g/mol. The first-order valence-electron chi connectivity index (χ1n) is 10.6. The molecule has 0 aliphatic carbocycles. The van der Waals surface area contributed by atoms with Crippen LogP contribution in [0, 0.1) is 6.92 Å². The van der Waals surface area contributed by atoms with Gasteiger partial charge in [0, 0.05) is 16.7 Å². The molecule has 4 rings (SSSR count). The highest BCUT2D eigenvalue weighted by Crippen LogP contribution is 2.39. The Morgan fingerprint density at radius 2 is 1.87 bits per heavy atom. The van der Waals surface area contributed by atoms with E-state index in [1.807, 2.05) is 42.5 Å². The Labute approximate surface area is 193 Å². The van der Waals surface area contributed by atoms with E-state index in [2.05, 4.69) is 33.8 Å². The minimum Gasteiger partial charge on any atom is -0.611 e. The second kappa shape index (κ2) is 8.85. The molecular formula is C26H28ClNO2S. The SMILES string of the molecule is Cc1cc(C(C)(C)C)c(Cl)cc1-c1cc(OCc2ccccc2)c2c(n1)CCC[S+]2[O-]. The van der Waals surface area contributed by atoms with Gasteiger partial charge in [0.1, 0.15) is 18.1 Å². The van der Waals surface area contributed by atoms with Crippen LogP contribution in [0.3, 0.4) is 0 Å². The van der Waals surface area contributed by atoms with Crippen LogP contribution in [0.1, 0.15) is 49.6 Å². The highest BCUT2D eigenvalue weighted by molar-refractivity contribution is 7.91. The van der Waals surface area contributed by atoms with Crippen molar-refractivity contribution in [2.24, 2.45) is 0 Å². The van der Waals surface area contributed by atoms with Gasteiger partial charge in [0.05, 0.1) is 5.69 Å². The van der Waals surface area contributed by atoms with Crippen molar-refractivity contribution in [3.05, 3.63) is 75.9 Å². The minimum atomic E-state index is -1.09. The van der Waals surface area contributed by atoms with Crippen molar-refractivity contribution < 1.29 is 9.29 Å². The quantitative estimate of drug-likeness (QED) is 0.416. The molecule has 0 spiro atoms. The zero-order valence-corrected chi connectivity index (χ0v) is 20.1. The topological polar surface area (TPSA) is 45.2 Å². The second-order valence-corrected chi connectivity index (χ2v) is 11.0. The van der Waals surface area contributed by atoms with E-state index in [9.17, 15) is 4.55 Å². The van der Waals surface area contributed by atoms with E-state index in [0.29, 0.717) is 18.1 Å². The van der Waals surface area contributed by atoms with Gasteiger partial charge in [-0.15, -0.1) is 0 Å². The van der Waals surface area contributed by atoms with Crippen LogP contribution < -0.4 is 4.74 Å². The van der Waals surface area contributed by atoms with E-state index in [1.54, 1.807) is 0 Å². The number of benzene rings is 2. The predicted molar refractivity (Wildman–Crippen MR) is 128 cm³/mol. The molecule has 1 aromatic heterocycles. The third kappa shape index (κ3) is 4.77. The van der Waals surface area contributed by atoms with Crippen LogP contribution in [0.5, 0.6) is 5.75 Å². The summed E-state index contributed by atoms with van der Waals surface area (Å²) in [5.41, 5.74) is 5.96. The van der Waals surface area contributed by atoms with E-state index in [4.69, 9.17) is 21.3 Å². The Morgan fingerprint density at radius 1 is 1.13 bits per heavy atom. The Hall–Kier alpha value is -2.01. The first-order valence-corrected chi connectivity index (χ1v) is 12.3. The Balaban J connectivity index is 1.78. The first-order chi connectivity index (χ1) is 14.7. The number of rotatable bonds is 4. The lowest BCUT2D eigenvalue weighted by atomic mass is 9.85. The van der Waals surface area contributed by atoms with Gasteiger partial charge < -0.3 is 9.29 Å². The lowest BCUT2D eigenvalue weighted by molar-refractivity contribution is 0.296. The van der Waals surface area contributed by atoms with Gasteiger partial charge in [0.2, 0.25) is 4.90 Å². The molecule has 0 saturated carbocycles. The van der Waals surface area contributed by atoms with E-state index in [1.165, 1.54) is 0 Å². The van der Waals surface area contributed by atoms with Crippen molar-refractivity contribution in [2.45, 2.75) is 57.5 Å². The third-order valence-electron chi connectivity index (χ3n) is 5.62. The summed E-state index contributed by atoms with van der Waals surface area (Å²) < 4.78 is 19.0. The molecule has 3 nitrogen and oxygen atoms in total. The monoisotopic (exact) mass is 453 g/mol. The number of pyridine rings is 1. The van der Waals surface area contributed by atoms with Crippen molar-refractivity contribution in [2.75, 3.05) is 5.75 Å². The number of aryl methyl sites for hydroxylation is 2. The maximum Gasteiger partial charge on any atom is 0.216 e. The van der Waals surface area contributed by atoms with E-state index in [0.717, 1.165) is 56.4 Å². The lowest BCUT2D eigenvalue weighted by Gasteiger charge is -2.24. The average Bonchev–Trinajstić information content (AvgIpc) is 2.73. The molecule has 0 radical (unpaired) electrons. The van der Waals surface area contributed by atoms with Crippen molar-refractivity contribution in [1.29, 1.82) is 0 Å². The highest BCUT2D eigenvalue weighted by Gasteiger charge is 2.30. The summed E-state index contributed by atoms with van der Waals surface area (Å²) in [6.07, 6.45) is 1.68. The molecule has 0 amide bonds. The largest absolute Gasteiger partial charge is 0.611 e. The van der Waals surface area contributed by atoms with Gasteiger partial charge >= 0.3 is 0 Å². The minimum absolute atomic E-state index is 0.0372. The van der Waals surface area contributed by atoms with Crippen LogP contribution in [-0.4, -0.2) is 15.3 Å². The zero-order valence-electron chi connectivity index (χ0n) is 18.5. The standard InChI is InChI=1S/C26H28ClNO2S/c1-17-13-20(26(2,3)4)21(27)14-19(17)23-15-24(30-16-18-9-6-5-7-10-18)25-22(28-23)11-8-12-31(25)29/h5-7,9-10,13-15H,8,11-12,16H2,1-4H3. The molecule has 2 heterocycles. The molecule has 1 atom stereocenters. The molecule has 1 unspecified atom stereocenters. The van der Waals surface area contributed by atoms with Crippen LogP contribution in [0.15, 0.2) is 53.4 Å². The molecule has 2 aromatic carbocycles. The number of nitrogens with zero attached hydrogens (tertiary/aromatic N) is 1. The normalized spacial score (nSPS) is 16.1. The van der Waals surface area contributed by atoms with Crippen molar-refractivity contribution in [1.82, 2.24) is 4.98 Å². The molecule has 0 saturated heterocycles. The number of ether oxygens (including phenoxy) is 1. The number of halogens is 1. The van der Waals surface area contributed by atoms with Gasteiger partial charge in [0.25, 0.3) is 0 Å². The molecule has 0 N–H and O–H groups in total. The van der Waals surface area contributed by atoms with Crippen molar-refractivity contribution in [3.63, 3.8) is 0 Å². The molecule has 0 bridgehead atoms. The van der Waals surface area contributed by atoms with Crippen LogP contribution in [0.25, 0.3) is 11.3 Å². The van der Waals surface area contributed by atoms with Gasteiger partial charge in [0.15, 0.2) is 5.75 Å². The molecule has 5 heteroatoms. The Kier molecular flexibility index (Phi) is 6.34. The molecule has 1 aliphatic rings. The summed E-state index contributed by atoms with van der Waals surface area (Å²) in [5.74, 6) is 1.32. The van der Waals surface area contributed by atoms with E-state index < -0.39 is 11.2 Å². The number of hydrogen-bond acceptors (Lipinski definition) is 3. The predicted octanol–water partition coefficient (Wildman–Crippen LogP) is 6.64. The van der Waals surface area contributed by atoms with Crippen molar-refractivity contribution >= 4 is 22.8 Å². The summed E-state index contributed by atoms with van der Waals surface area (Å²) in [5, 5.41) is 0.739. The lowest BCUT2D eigenvalue weighted by Crippen LogP contribution is -2.19. The Morgan fingerprint density at radius 3 is 2.58 bits per heavy atom. The fraction of sp³-hybridized carbons (Fsp3) is 0.346. The molecule has 162 valence electrons. The highest BCUT2D eigenvalue weighted by atomic mass is 35.5. The third-order valence-corrected chi connectivity index (χ3v) is 7.48. The van der Waals surface area contributed by atoms with E-state index >= 15 is 0 Å². The van der Waals surface area contributed by atoms with Crippen molar-refractivity contribution in [3.8, 4) is 17.0 Å². The molecule has 0 fully saturated rings. The maximum absolute atomic E-state index is 12.8. The summed E-state index contributed by atoms with van der Waals surface area (Å²) in [4.78, 5) is 5.66. The van der Waals surface area contributed by atoms with Crippen LogP contribution in [-0.2, 0) is 29.6 Å². The smallest absolute Gasteiger partial charge is 0.216 e. The fourth-order valence-corrected chi connectivity index (χ4v) is 5.77. The summed E-state index contributed by atoms with van der Waals surface area (Å²) in [6, 6.07) is 16.1. The number of fused-ring (bicyclic) bond motifs is 1. The summed E-state index contributed by atoms with van der Waals surface area (Å²) >= 11 is 5.59. The zero-order chi connectivity index (χ0) is 22.2. The molecule has 1 aliphatic heterocycles. The number of aromatic nitrogens is 1. The van der Waals surface area contributed by atoms with Gasteiger partial charge in [-0.3, -0.25) is 0 Å². The van der Waals surface area contributed by atoms with Crippen LogP contribution >= 0.6 is 11.6 Å². The van der Waals surface area contributed by atoms with E-state index in [-0.39, 0.29) is 5.41 Å². The van der Waals surface area contributed by atoms with Crippen LogP contribution in [0.2, 0.25) is 5.02 Å².